The molecule has 0 saturated carbocycles. The third-order valence-electron chi connectivity index (χ3n) is 5.41. The van der Waals surface area contributed by atoms with Crippen molar-refractivity contribution in [3.05, 3.63) is 70.9 Å². The molecule has 9 heteroatoms. The van der Waals surface area contributed by atoms with Crippen molar-refractivity contribution in [3.63, 3.8) is 0 Å². The van der Waals surface area contributed by atoms with Crippen LogP contribution in [-0.2, 0) is 4.79 Å². The van der Waals surface area contributed by atoms with Gasteiger partial charge in [0.1, 0.15) is 25.3 Å². The van der Waals surface area contributed by atoms with Crippen LogP contribution < -0.4 is 24.4 Å². The number of ether oxygens (including phenoxy) is 3. The van der Waals surface area contributed by atoms with Crippen LogP contribution in [0.5, 0.6) is 23.1 Å². The van der Waals surface area contributed by atoms with E-state index in [4.69, 9.17) is 25.8 Å². The van der Waals surface area contributed by atoms with E-state index in [-0.39, 0.29) is 29.9 Å². The summed E-state index contributed by atoms with van der Waals surface area (Å²) in [6, 6.07) is 13.4. The van der Waals surface area contributed by atoms with Crippen LogP contribution in [0.1, 0.15) is 28.9 Å². The molecule has 0 fully saturated rings. The van der Waals surface area contributed by atoms with Gasteiger partial charge in [-0.05, 0) is 55.0 Å². The first kappa shape index (κ1) is 21.1. The Bertz CT molecular complexity index is 1250. The number of rotatable bonds is 4. The van der Waals surface area contributed by atoms with Crippen molar-refractivity contribution in [1.29, 1.82) is 0 Å². The lowest BCUT2D eigenvalue weighted by molar-refractivity contribution is -0.120. The molecule has 1 unspecified atom stereocenters. The second kappa shape index (κ2) is 8.63. The predicted molar refractivity (Wildman–Crippen MR) is 121 cm³/mol. The van der Waals surface area contributed by atoms with Crippen LogP contribution in [0, 0.1) is 0 Å². The molecule has 2 aliphatic rings. The molecule has 2 amide bonds. The van der Waals surface area contributed by atoms with Gasteiger partial charge in [-0.25, -0.2) is 4.98 Å². The van der Waals surface area contributed by atoms with Gasteiger partial charge in [-0.1, -0.05) is 17.7 Å². The molecule has 0 spiro atoms. The molecule has 0 saturated heterocycles. The van der Waals surface area contributed by atoms with Crippen LogP contribution in [0.25, 0.3) is 0 Å². The number of nitrogens with zero attached hydrogens (tertiary/aromatic N) is 2. The summed E-state index contributed by atoms with van der Waals surface area (Å²) in [7, 11) is 0. The second-order valence-electron chi connectivity index (χ2n) is 7.65. The lowest BCUT2D eigenvalue weighted by Crippen LogP contribution is -2.41. The van der Waals surface area contributed by atoms with Gasteiger partial charge in [0.25, 0.3) is 5.91 Å². The summed E-state index contributed by atoms with van der Waals surface area (Å²) in [5, 5.41) is 3.36. The van der Waals surface area contributed by atoms with Crippen molar-refractivity contribution in [3.8, 4) is 23.1 Å². The largest absolute Gasteiger partial charge is 0.486 e. The third-order valence-corrected chi connectivity index (χ3v) is 5.65. The summed E-state index contributed by atoms with van der Waals surface area (Å²) >= 11 is 6.18. The van der Waals surface area contributed by atoms with Gasteiger partial charge in [-0.2, -0.15) is 0 Å². The Morgan fingerprint density at radius 2 is 1.91 bits per heavy atom. The predicted octanol–water partition coefficient (Wildman–Crippen LogP) is 4.14. The highest BCUT2D eigenvalue weighted by molar-refractivity contribution is 6.31. The molecule has 0 radical (unpaired) electrons. The fourth-order valence-electron chi connectivity index (χ4n) is 3.78. The minimum Gasteiger partial charge on any atom is -0.486 e. The Morgan fingerprint density at radius 3 is 2.76 bits per heavy atom. The summed E-state index contributed by atoms with van der Waals surface area (Å²) in [5.41, 5.74) is 1.52. The van der Waals surface area contributed by atoms with Crippen LogP contribution >= 0.6 is 11.6 Å². The van der Waals surface area contributed by atoms with Crippen molar-refractivity contribution in [2.75, 3.05) is 24.7 Å². The van der Waals surface area contributed by atoms with Gasteiger partial charge in [0.15, 0.2) is 17.2 Å². The minimum atomic E-state index is -0.402. The molecular formula is C24H20ClN3O5. The minimum absolute atomic E-state index is 0.179. The van der Waals surface area contributed by atoms with Crippen LogP contribution in [0.15, 0.2) is 54.7 Å². The Kier molecular flexibility index (Phi) is 5.51. The van der Waals surface area contributed by atoms with E-state index >= 15 is 0 Å². The first-order valence-electron chi connectivity index (χ1n) is 10.4. The average Bonchev–Trinajstić information content (AvgIpc) is 2.93. The van der Waals surface area contributed by atoms with Crippen molar-refractivity contribution >= 4 is 29.1 Å². The fraction of sp³-hybridized carbons (Fsp3) is 0.208. The molecular weight excluding hydrogens is 446 g/mol. The number of benzene rings is 2. The zero-order chi connectivity index (χ0) is 22.9. The van der Waals surface area contributed by atoms with Crippen LogP contribution in [0.2, 0.25) is 5.02 Å². The molecule has 1 aromatic heterocycles. The number of pyridine rings is 1. The van der Waals surface area contributed by atoms with E-state index in [2.05, 4.69) is 10.3 Å². The van der Waals surface area contributed by atoms with Crippen molar-refractivity contribution in [1.82, 2.24) is 10.3 Å². The monoisotopic (exact) mass is 465 g/mol. The van der Waals surface area contributed by atoms with Crippen molar-refractivity contribution in [2.24, 2.45) is 0 Å². The number of aromatic nitrogens is 1. The van der Waals surface area contributed by atoms with Gasteiger partial charge < -0.3 is 19.5 Å². The molecule has 5 rings (SSSR count). The molecule has 1 atom stereocenters. The smallest absolute Gasteiger partial charge is 0.264 e. The fourth-order valence-corrected chi connectivity index (χ4v) is 3.95. The first-order chi connectivity index (χ1) is 16.0. The summed E-state index contributed by atoms with van der Waals surface area (Å²) in [5.74, 6) is 1.15. The number of anilines is 1. The number of amides is 2. The zero-order valence-electron chi connectivity index (χ0n) is 17.7. The molecule has 33 heavy (non-hydrogen) atoms. The Hall–Kier alpha value is -3.78. The molecule has 2 aliphatic heterocycles. The quantitative estimate of drug-likeness (QED) is 0.623. The highest BCUT2D eigenvalue weighted by atomic mass is 35.5. The highest BCUT2D eigenvalue weighted by Gasteiger charge is 2.31. The van der Waals surface area contributed by atoms with E-state index < -0.39 is 5.91 Å². The molecule has 3 heterocycles. The topological polar surface area (TPSA) is 90.0 Å². The SMILES string of the molecule is CC(NC(=O)CN1C(=O)c2cccnc2Oc2ccc(Cl)cc21)c1ccc2c(c1)OCCO2. The first-order valence-corrected chi connectivity index (χ1v) is 10.8. The molecule has 168 valence electrons. The molecule has 3 aromatic rings. The molecule has 2 aromatic carbocycles. The maximum absolute atomic E-state index is 13.3. The van der Waals surface area contributed by atoms with Crippen molar-refractivity contribution < 1.29 is 23.8 Å². The van der Waals surface area contributed by atoms with Gasteiger partial charge >= 0.3 is 0 Å². The zero-order valence-corrected chi connectivity index (χ0v) is 18.5. The highest BCUT2D eigenvalue weighted by Crippen LogP contribution is 2.39. The molecule has 0 bridgehead atoms. The summed E-state index contributed by atoms with van der Waals surface area (Å²) < 4.78 is 17.0. The number of carbonyl (C=O) groups is 2. The van der Waals surface area contributed by atoms with E-state index in [1.54, 1.807) is 36.5 Å². The van der Waals surface area contributed by atoms with Crippen LogP contribution in [-0.4, -0.2) is 36.6 Å². The van der Waals surface area contributed by atoms with Crippen LogP contribution in [0.3, 0.4) is 0 Å². The number of halogens is 1. The lowest BCUT2D eigenvalue weighted by Gasteiger charge is -2.24. The van der Waals surface area contributed by atoms with Gasteiger partial charge in [-0.15, -0.1) is 0 Å². The maximum atomic E-state index is 13.3. The Morgan fingerprint density at radius 1 is 1.12 bits per heavy atom. The third kappa shape index (κ3) is 4.17. The molecule has 1 N–H and O–H groups in total. The standard InChI is InChI=1S/C24H20ClN3O5/c1-14(15-4-6-20-21(11-15)32-10-9-31-20)27-22(29)13-28-18-12-16(25)5-7-19(18)33-23-17(24(28)30)3-2-8-26-23/h2-8,11-12,14H,9-10,13H2,1H3,(H,27,29). The maximum Gasteiger partial charge on any atom is 0.264 e. The van der Waals surface area contributed by atoms with Gasteiger partial charge in [0, 0.05) is 11.2 Å². The average molecular weight is 466 g/mol. The Labute approximate surface area is 195 Å². The van der Waals surface area contributed by atoms with Gasteiger partial charge in [0.2, 0.25) is 11.8 Å². The summed E-state index contributed by atoms with van der Waals surface area (Å²) in [6.45, 7) is 2.63. The second-order valence-corrected chi connectivity index (χ2v) is 8.09. The number of hydrogen-bond acceptors (Lipinski definition) is 6. The number of nitrogens with one attached hydrogen (secondary N) is 1. The van der Waals surface area contributed by atoms with Crippen molar-refractivity contribution in [2.45, 2.75) is 13.0 Å². The lowest BCUT2D eigenvalue weighted by atomic mass is 10.1. The number of hydrogen-bond donors (Lipinski definition) is 1. The summed E-state index contributed by atoms with van der Waals surface area (Å²) in [6.07, 6.45) is 1.54. The number of carbonyl (C=O) groups excluding carboxylic acids is 2. The van der Waals surface area contributed by atoms with Crippen LogP contribution in [0.4, 0.5) is 5.69 Å². The van der Waals surface area contributed by atoms with E-state index in [0.717, 1.165) is 5.56 Å². The van der Waals surface area contributed by atoms with E-state index in [9.17, 15) is 9.59 Å². The van der Waals surface area contributed by atoms with E-state index in [0.29, 0.717) is 41.2 Å². The van der Waals surface area contributed by atoms with Gasteiger partial charge in [-0.3, -0.25) is 14.5 Å². The van der Waals surface area contributed by atoms with Gasteiger partial charge in [0.05, 0.1) is 11.7 Å². The van der Waals surface area contributed by atoms with E-state index in [1.807, 2.05) is 25.1 Å². The molecule has 8 nitrogen and oxygen atoms in total. The normalized spacial score (nSPS) is 15.0. The number of fused-ring (bicyclic) bond motifs is 3. The van der Waals surface area contributed by atoms with E-state index in [1.165, 1.54) is 4.90 Å². The molecule has 0 aliphatic carbocycles. The Balaban J connectivity index is 1.39. The summed E-state index contributed by atoms with van der Waals surface area (Å²) in [4.78, 5) is 31.8.